The van der Waals surface area contributed by atoms with E-state index in [9.17, 15) is 9.90 Å². The van der Waals surface area contributed by atoms with Gasteiger partial charge in [0.15, 0.2) is 11.5 Å². The number of halogens is 2. The van der Waals surface area contributed by atoms with Gasteiger partial charge >= 0.3 is 0 Å². The first-order valence-corrected chi connectivity index (χ1v) is 7.94. The van der Waals surface area contributed by atoms with Gasteiger partial charge in [0.05, 0.1) is 7.11 Å². The maximum absolute atomic E-state index is 10.7. The fourth-order valence-corrected chi connectivity index (χ4v) is 2.70. The topological polar surface area (TPSA) is 86.2 Å². The molecule has 24 heavy (non-hydrogen) atoms. The maximum atomic E-state index is 10.7. The van der Waals surface area contributed by atoms with Gasteiger partial charge in [-0.15, -0.1) is 0 Å². The van der Waals surface area contributed by atoms with Crippen LogP contribution in [0.5, 0.6) is 11.5 Å². The molecule has 2 aromatic rings. The Balaban J connectivity index is 2.17. The molecule has 0 aliphatic carbocycles. The van der Waals surface area contributed by atoms with Crippen LogP contribution in [0.3, 0.4) is 0 Å². The van der Waals surface area contributed by atoms with Crippen molar-refractivity contribution >= 4 is 29.2 Å². The molecule has 0 aliphatic heterocycles. The number of carboxylic acid groups (broad SMARTS) is 1. The average molecular weight is 370 g/mol. The molecule has 0 aromatic heterocycles. The van der Waals surface area contributed by atoms with E-state index in [1.165, 1.54) is 7.11 Å². The van der Waals surface area contributed by atoms with E-state index in [0.29, 0.717) is 27.1 Å². The summed E-state index contributed by atoms with van der Waals surface area (Å²) in [6.45, 7) is 0.182. The smallest absolute Gasteiger partial charge is 0.161 e. The molecular weight excluding hydrogens is 353 g/mol. The zero-order chi connectivity index (χ0) is 17.7. The zero-order valence-electron chi connectivity index (χ0n) is 13.1. The lowest BCUT2D eigenvalue weighted by molar-refractivity contribution is -0.430. The minimum absolute atomic E-state index is 0.168. The van der Waals surface area contributed by atoms with Gasteiger partial charge in [-0.3, -0.25) is 0 Å². The number of carboxylic acids is 1. The molecule has 2 rings (SSSR count). The Bertz CT molecular complexity index is 716. The molecule has 1 atom stereocenters. The number of benzene rings is 2. The summed E-state index contributed by atoms with van der Waals surface area (Å²) in [5, 5.41) is 11.7. The SMILES string of the molecule is COc1cc([C@H]([NH3+])CC(=O)[O-])ccc1OCc1c(Cl)cccc1Cl. The molecule has 0 aliphatic rings. The van der Waals surface area contributed by atoms with Gasteiger partial charge in [0.2, 0.25) is 0 Å². The molecule has 128 valence electrons. The predicted molar refractivity (Wildman–Crippen MR) is 89.0 cm³/mol. The molecule has 0 amide bonds. The van der Waals surface area contributed by atoms with Crippen LogP contribution in [0.15, 0.2) is 36.4 Å². The summed E-state index contributed by atoms with van der Waals surface area (Å²) >= 11 is 12.2. The van der Waals surface area contributed by atoms with Gasteiger partial charge in [0.25, 0.3) is 0 Å². The van der Waals surface area contributed by atoms with Gasteiger partial charge in [-0.2, -0.15) is 0 Å². The first-order chi connectivity index (χ1) is 11.4. The van der Waals surface area contributed by atoms with Crippen molar-refractivity contribution in [1.29, 1.82) is 0 Å². The Labute approximate surface area is 149 Å². The Morgan fingerprint density at radius 3 is 2.46 bits per heavy atom. The van der Waals surface area contributed by atoms with E-state index in [1.807, 2.05) is 0 Å². The summed E-state index contributed by atoms with van der Waals surface area (Å²) in [7, 11) is 1.51. The first kappa shape index (κ1) is 18.4. The standard InChI is InChI=1S/C17H17Cl2NO4/c1-23-16-7-10(14(20)8-17(21)22)5-6-15(16)24-9-11-12(18)3-2-4-13(11)19/h2-7,14H,8-9,20H2,1H3,(H,21,22)/t14-/m1/s1. The third-order valence-corrected chi connectivity index (χ3v) is 4.21. The minimum atomic E-state index is -1.15. The van der Waals surface area contributed by atoms with Crippen LogP contribution < -0.4 is 20.3 Å². The van der Waals surface area contributed by atoms with Gasteiger partial charge in [-0.25, -0.2) is 0 Å². The number of aliphatic carboxylic acids is 1. The number of methoxy groups -OCH3 is 1. The molecule has 0 radical (unpaired) electrons. The van der Waals surface area contributed by atoms with Gasteiger partial charge in [-0.1, -0.05) is 29.3 Å². The highest BCUT2D eigenvalue weighted by atomic mass is 35.5. The lowest BCUT2D eigenvalue weighted by Crippen LogP contribution is -2.55. The second-order valence-electron chi connectivity index (χ2n) is 5.17. The van der Waals surface area contributed by atoms with Crippen molar-refractivity contribution in [1.82, 2.24) is 0 Å². The zero-order valence-corrected chi connectivity index (χ0v) is 14.6. The van der Waals surface area contributed by atoms with Crippen LogP contribution in [-0.2, 0) is 11.4 Å². The lowest BCUT2D eigenvalue weighted by Gasteiger charge is -2.15. The second kappa shape index (κ2) is 8.24. The van der Waals surface area contributed by atoms with Crippen LogP contribution in [0.4, 0.5) is 0 Å². The van der Waals surface area contributed by atoms with Gasteiger partial charge in [0, 0.05) is 33.6 Å². The second-order valence-corrected chi connectivity index (χ2v) is 5.99. The maximum Gasteiger partial charge on any atom is 0.161 e. The third kappa shape index (κ3) is 4.54. The Kier molecular flexibility index (Phi) is 6.31. The Hall–Kier alpha value is -1.95. The number of rotatable bonds is 7. The van der Waals surface area contributed by atoms with Crippen LogP contribution in [0.2, 0.25) is 10.0 Å². The van der Waals surface area contributed by atoms with Crippen molar-refractivity contribution in [2.75, 3.05) is 7.11 Å². The van der Waals surface area contributed by atoms with Crippen LogP contribution in [0, 0.1) is 0 Å². The molecule has 2 aromatic carbocycles. The van der Waals surface area contributed by atoms with Crippen molar-refractivity contribution in [3.8, 4) is 11.5 Å². The molecule has 0 heterocycles. The van der Waals surface area contributed by atoms with Gasteiger partial charge < -0.3 is 25.1 Å². The van der Waals surface area contributed by atoms with E-state index >= 15 is 0 Å². The third-order valence-electron chi connectivity index (χ3n) is 3.51. The highest BCUT2D eigenvalue weighted by molar-refractivity contribution is 6.35. The van der Waals surface area contributed by atoms with E-state index in [2.05, 4.69) is 5.73 Å². The van der Waals surface area contributed by atoms with Crippen LogP contribution in [0.25, 0.3) is 0 Å². The molecule has 0 saturated heterocycles. The quantitative estimate of drug-likeness (QED) is 0.808. The van der Waals surface area contributed by atoms with E-state index in [0.717, 1.165) is 5.56 Å². The van der Waals surface area contributed by atoms with Gasteiger partial charge in [-0.05, 0) is 30.3 Å². The average Bonchev–Trinajstić information content (AvgIpc) is 2.53. The number of carbonyl (C=O) groups is 1. The molecule has 3 N–H and O–H groups in total. The summed E-state index contributed by atoms with van der Waals surface area (Å²) in [4.78, 5) is 10.7. The fraction of sp³-hybridized carbons (Fsp3) is 0.235. The lowest BCUT2D eigenvalue weighted by atomic mass is 10.0. The summed E-state index contributed by atoms with van der Waals surface area (Å²) in [5.74, 6) is -0.178. The number of ether oxygens (including phenoxy) is 2. The van der Waals surface area contributed by atoms with Gasteiger partial charge in [0.1, 0.15) is 12.6 Å². The molecule has 0 fully saturated rings. The Morgan fingerprint density at radius 1 is 1.21 bits per heavy atom. The summed E-state index contributed by atoms with van der Waals surface area (Å²) < 4.78 is 11.1. The first-order valence-electron chi connectivity index (χ1n) is 7.19. The highest BCUT2D eigenvalue weighted by Gasteiger charge is 2.15. The Morgan fingerprint density at radius 2 is 1.88 bits per heavy atom. The van der Waals surface area contributed by atoms with Crippen molar-refractivity contribution < 1.29 is 25.1 Å². The summed E-state index contributed by atoms with van der Waals surface area (Å²) in [5.41, 5.74) is 5.22. The normalized spacial score (nSPS) is 11.8. The number of hydrogen-bond donors (Lipinski definition) is 1. The molecule has 7 heteroatoms. The van der Waals surface area contributed by atoms with Crippen LogP contribution >= 0.6 is 23.2 Å². The number of hydrogen-bond acceptors (Lipinski definition) is 4. The molecule has 5 nitrogen and oxygen atoms in total. The van der Waals surface area contributed by atoms with E-state index < -0.39 is 12.0 Å². The molecular formula is C17H17Cl2NO4. The number of quaternary nitrogens is 1. The largest absolute Gasteiger partial charge is 0.550 e. The number of carbonyl (C=O) groups excluding carboxylic acids is 1. The van der Waals surface area contributed by atoms with E-state index in [-0.39, 0.29) is 13.0 Å². The molecule has 0 unspecified atom stereocenters. The molecule has 0 spiro atoms. The predicted octanol–water partition coefficient (Wildman–Crippen LogP) is 2.00. The van der Waals surface area contributed by atoms with Crippen LogP contribution in [-0.4, -0.2) is 13.1 Å². The molecule has 0 bridgehead atoms. The highest BCUT2D eigenvalue weighted by Crippen LogP contribution is 2.32. The minimum Gasteiger partial charge on any atom is -0.550 e. The van der Waals surface area contributed by atoms with Crippen molar-refractivity contribution in [2.45, 2.75) is 19.1 Å². The van der Waals surface area contributed by atoms with Crippen LogP contribution in [0.1, 0.15) is 23.6 Å². The van der Waals surface area contributed by atoms with E-state index in [1.54, 1.807) is 36.4 Å². The summed E-state index contributed by atoms with van der Waals surface area (Å²) in [6, 6.07) is 9.94. The monoisotopic (exact) mass is 369 g/mol. The van der Waals surface area contributed by atoms with E-state index in [4.69, 9.17) is 32.7 Å². The fourth-order valence-electron chi connectivity index (χ4n) is 2.20. The van der Waals surface area contributed by atoms with Crippen molar-refractivity contribution in [3.05, 3.63) is 57.6 Å². The molecule has 0 saturated carbocycles. The summed E-state index contributed by atoms with van der Waals surface area (Å²) in [6.07, 6.45) is -0.168. The van der Waals surface area contributed by atoms with Crippen molar-refractivity contribution in [3.63, 3.8) is 0 Å². The van der Waals surface area contributed by atoms with Crippen molar-refractivity contribution in [2.24, 2.45) is 0 Å².